The molecule has 0 atom stereocenters. The molecule has 0 saturated carbocycles. The van der Waals surface area contributed by atoms with E-state index in [9.17, 15) is 9.36 Å². The van der Waals surface area contributed by atoms with E-state index in [-0.39, 0.29) is 6.42 Å². The molecule has 7 heteroatoms. The van der Waals surface area contributed by atoms with E-state index in [1.165, 1.54) is 25.7 Å². The number of allylic oxidation sites excluding steroid dienone is 4. The molecule has 0 fully saturated rings. The predicted octanol–water partition coefficient (Wildman–Crippen LogP) is 5.37. The first-order valence-corrected chi connectivity index (χ1v) is 10.7. The molecule has 0 radical (unpaired) electrons. The molecule has 0 aromatic carbocycles. The fraction of sp³-hybridized carbons (Fsp3) is 0.722. The maximum Gasteiger partial charge on any atom is 0.505 e. The molecule has 0 aromatic rings. The molecule has 0 heterocycles. The Kier molecular flexibility index (Phi) is 15.9. The van der Waals surface area contributed by atoms with Crippen LogP contribution in [0.2, 0.25) is 0 Å². The third-order valence-corrected chi connectivity index (χ3v) is 3.83. The van der Waals surface area contributed by atoms with Gasteiger partial charge in [0.15, 0.2) is 0 Å². The average Bonchev–Trinajstić information content (AvgIpc) is 2.56. The summed E-state index contributed by atoms with van der Waals surface area (Å²) in [5.41, 5.74) is 0. The standard InChI is InChI=1S/C18H33O6P/c1-2-3-4-5-6-7-8-9-10-11-12-13-14-15-16-17-18(19)23-24-25(20,21)22/h6-7,9-10H,2-5,8,11-17H2,1H3,(H2,20,21,22)/b7-6-,10-9-. The molecule has 0 aliphatic rings. The molecule has 146 valence electrons. The van der Waals surface area contributed by atoms with Crippen molar-refractivity contribution in [2.24, 2.45) is 0 Å². The van der Waals surface area contributed by atoms with E-state index in [0.29, 0.717) is 6.42 Å². The van der Waals surface area contributed by atoms with Gasteiger partial charge < -0.3 is 9.79 Å². The highest BCUT2D eigenvalue weighted by molar-refractivity contribution is 7.46. The molecule has 0 bridgehead atoms. The van der Waals surface area contributed by atoms with Crippen LogP contribution < -0.4 is 0 Å². The molecule has 2 N–H and O–H groups in total. The molecule has 6 nitrogen and oxygen atoms in total. The third-order valence-electron chi connectivity index (χ3n) is 3.56. The van der Waals surface area contributed by atoms with E-state index in [1.807, 2.05) is 0 Å². The maximum atomic E-state index is 11.1. The lowest BCUT2D eigenvalue weighted by Crippen LogP contribution is -2.03. The average molecular weight is 376 g/mol. The van der Waals surface area contributed by atoms with Gasteiger partial charge in [0.05, 0.1) is 0 Å². The van der Waals surface area contributed by atoms with Gasteiger partial charge in [0.25, 0.3) is 0 Å². The van der Waals surface area contributed by atoms with Gasteiger partial charge in [-0.3, -0.25) is 4.89 Å². The smallest absolute Gasteiger partial charge is 0.301 e. The Morgan fingerprint density at radius 3 is 2.04 bits per heavy atom. The van der Waals surface area contributed by atoms with Crippen LogP contribution in [0.15, 0.2) is 24.3 Å². The van der Waals surface area contributed by atoms with Crippen molar-refractivity contribution in [1.82, 2.24) is 0 Å². The van der Waals surface area contributed by atoms with Crippen molar-refractivity contribution in [3.63, 3.8) is 0 Å². The summed E-state index contributed by atoms with van der Waals surface area (Å²) in [7, 11) is -4.75. The Morgan fingerprint density at radius 1 is 0.880 bits per heavy atom. The van der Waals surface area contributed by atoms with Crippen LogP contribution in [0.4, 0.5) is 0 Å². The maximum absolute atomic E-state index is 11.1. The molecule has 0 amide bonds. The van der Waals surface area contributed by atoms with Gasteiger partial charge in [-0.15, -0.1) is 0 Å². The van der Waals surface area contributed by atoms with Gasteiger partial charge in [0, 0.05) is 6.42 Å². The number of phosphoric acid groups is 1. The van der Waals surface area contributed by atoms with Gasteiger partial charge in [-0.05, 0) is 38.5 Å². The van der Waals surface area contributed by atoms with Crippen LogP contribution in [0.5, 0.6) is 0 Å². The van der Waals surface area contributed by atoms with Gasteiger partial charge in [0.2, 0.25) is 0 Å². The highest BCUT2D eigenvalue weighted by Gasteiger charge is 2.18. The van der Waals surface area contributed by atoms with Crippen LogP contribution in [-0.2, 0) is 18.9 Å². The molecular weight excluding hydrogens is 343 g/mol. The van der Waals surface area contributed by atoms with Crippen molar-refractivity contribution in [1.29, 1.82) is 0 Å². The summed E-state index contributed by atoms with van der Waals surface area (Å²) >= 11 is 0. The van der Waals surface area contributed by atoms with Gasteiger partial charge in [-0.1, -0.05) is 68.0 Å². The number of hydrogen-bond acceptors (Lipinski definition) is 4. The highest BCUT2D eigenvalue weighted by atomic mass is 31.2. The zero-order chi connectivity index (χ0) is 18.8. The molecule has 0 aliphatic heterocycles. The lowest BCUT2D eigenvalue weighted by molar-refractivity contribution is -0.222. The number of carbonyl (C=O) groups excluding carboxylic acids is 1. The van der Waals surface area contributed by atoms with Gasteiger partial charge >= 0.3 is 13.8 Å². The fourth-order valence-corrected chi connectivity index (χ4v) is 2.39. The molecular formula is C18H33O6P. The minimum Gasteiger partial charge on any atom is -0.301 e. The first kappa shape index (κ1) is 24.1. The van der Waals surface area contributed by atoms with E-state index >= 15 is 0 Å². The summed E-state index contributed by atoms with van der Waals surface area (Å²) in [6.45, 7) is 2.21. The molecule has 0 rings (SSSR count). The van der Waals surface area contributed by atoms with Crippen molar-refractivity contribution in [3.05, 3.63) is 24.3 Å². The van der Waals surface area contributed by atoms with Gasteiger partial charge in [-0.2, -0.15) is 0 Å². The van der Waals surface area contributed by atoms with Crippen LogP contribution >= 0.6 is 7.82 Å². The highest BCUT2D eigenvalue weighted by Crippen LogP contribution is 2.36. The second kappa shape index (κ2) is 16.5. The summed E-state index contributed by atoms with van der Waals surface area (Å²) in [6, 6.07) is 0. The van der Waals surface area contributed by atoms with E-state index < -0.39 is 13.8 Å². The largest absolute Gasteiger partial charge is 0.505 e. The van der Waals surface area contributed by atoms with Gasteiger partial charge in [0.1, 0.15) is 0 Å². The van der Waals surface area contributed by atoms with Gasteiger partial charge in [-0.25, -0.2) is 9.36 Å². The first-order valence-electron chi connectivity index (χ1n) is 9.20. The van der Waals surface area contributed by atoms with Crippen molar-refractivity contribution >= 4 is 13.8 Å². The Morgan fingerprint density at radius 2 is 1.44 bits per heavy atom. The van der Waals surface area contributed by atoms with E-state index in [4.69, 9.17) is 9.79 Å². The molecule has 0 spiro atoms. The lowest BCUT2D eigenvalue weighted by Gasteiger charge is -2.03. The third kappa shape index (κ3) is 21.0. The number of unbranched alkanes of at least 4 members (excludes halogenated alkanes) is 8. The minimum absolute atomic E-state index is 0.102. The Hall–Kier alpha value is -0.940. The van der Waals surface area contributed by atoms with Crippen LogP contribution in [0.1, 0.15) is 84.0 Å². The summed E-state index contributed by atoms with van der Waals surface area (Å²) in [5.74, 6) is -0.756. The lowest BCUT2D eigenvalue weighted by atomic mass is 10.1. The Labute approximate surface area is 151 Å². The van der Waals surface area contributed by atoms with E-state index in [0.717, 1.165) is 38.5 Å². The molecule has 25 heavy (non-hydrogen) atoms. The molecule has 0 unspecified atom stereocenters. The van der Waals surface area contributed by atoms with E-state index in [1.54, 1.807) is 0 Å². The topological polar surface area (TPSA) is 93.1 Å². The zero-order valence-electron chi connectivity index (χ0n) is 15.3. The van der Waals surface area contributed by atoms with Crippen molar-refractivity contribution in [2.45, 2.75) is 84.0 Å². The Balaban J connectivity index is 3.34. The molecule has 0 aromatic heterocycles. The summed E-state index contributed by atoms with van der Waals surface area (Å²) in [5, 5.41) is 0. The SMILES string of the molecule is CCCCC/C=C\C/C=C\CCCCCCCC(=O)OOP(=O)(O)O. The molecule has 0 aliphatic carbocycles. The summed E-state index contributed by atoms with van der Waals surface area (Å²) < 4.78 is 14.0. The second-order valence-corrected chi connectivity index (χ2v) is 7.13. The number of hydrogen-bond donors (Lipinski definition) is 2. The fourth-order valence-electron chi connectivity index (χ4n) is 2.21. The van der Waals surface area contributed by atoms with Crippen LogP contribution in [0.3, 0.4) is 0 Å². The second-order valence-electron chi connectivity index (χ2n) is 6.00. The van der Waals surface area contributed by atoms with Crippen molar-refractivity contribution < 1.29 is 28.7 Å². The number of rotatable bonds is 16. The zero-order valence-corrected chi connectivity index (χ0v) is 16.2. The monoisotopic (exact) mass is 376 g/mol. The summed E-state index contributed by atoms with van der Waals surface area (Å²) in [4.78, 5) is 31.9. The predicted molar refractivity (Wildman–Crippen MR) is 98.6 cm³/mol. The normalized spacial score (nSPS) is 12.3. The Bertz CT molecular complexity index is 427. The minimum atomic E-state index is -4.75. The van der Waals surface area contributed by atoms with E-state index in [2.05, 4.69) is 40.8 Å². The van der Waals surface area contributed by atoms with Crippen LogP contribution in [-0.4, -0.2) is 15.8 Å². The first-order chi connectivity index (χ1) is 12.0. The van der Waals surface area contributed by atoms with Crippen molar-refractivity contribution in [2.75, 3.05) is 0 Å². The van der Waals surface area contributed by atoms with Crippen LogP contribution in [0, 0.1) is 0 Å². The summed E-state index contributed by atoms with van der Waals surface area (Å²) in [6.07, 6.45) is 20.9. The van der Waals surface area contributed by atoms with Crippen molar-refractivity contribution in [3.8, 4) is 0 Å². The number of carbonyl (C=O) groups is 1. The molecule has 0 saturated heterocycles. The van der Waals surface area contributed by atoms with Crippen LogP contribution in [0.25, 0.3) is 0 Å². The quantitative estimate of drug-likeness (QED) is 0.124.